The average molecular weight is 273 g/mol. The number of hydrogen-bond donors (Lipinski definition) is 1. The summed E-state index contributed by atoms with van der Waals surface area (Å²) >= 11 is 0. The second-order valence-corrected chi connectivity index (χ2v) is 4.51. The van der Waals surface area contributed by atoms with Gasteiger partial charge in [0.05, 0.1) is 5.69 Å². The van der Waals surface area contributed by atoms with E-state index in [1.807, 2.05) is 37.4 Å². The second-order valence-electron chi connectivity index (χ2n) is 4.51. The van der Waals surface area contributed by atoms with Crippen molar-refractivity contribution >= 4 is 5.91 Å². The zero-order valence-electron chi connectivity index (χ0n) is 11.8. The molecule has 1 N–H and O–H groups in total. The van der Waals surface area contributed by atoms with Crippen LogP contribution in [0.25, 0.3) is 11.3 Å². The molecule has 0 aliphatic carbocycles. The summed E-state index contributed by atoms with van der Waals surface area (Å²) in [6, 6.07) is 11.7. The highest BCUT2D eigenvalue weighted by atomic mass is 16.5. The highest BCUT2D eigenvalue weighted by molar-refractivity contribution is 5.93. The van der Waals surface area contributed by atoms with Crippen LogP contribution in [0.15, 0.2) is 36.4 Å². The SMILES string of the molecule is COCCCNC(=O)c1cc(-c2ccccc2)n(C)n1. The highest BCUT2D eigenvalue weighted by Gasteiger charge is 2.13. The quantitative estimate of drug-likeness (QED) is 0.817. The number of rotatable bonds is 6. The molecule has 2 aromatic rings. The predicted octanol–water partition coefficient (Wildman–Crippen LogP) is 1.85. The molecule has 20 heavy (non-hydrogen) atoms. The molecule has 1 aromatic heterocycles. The molecule has 0 unspecified atom stereocenters. The minimum Gasteiger partial charge on any atom is -0.385 e. The van der Waals surface area contributed by atoms with E-state index >= 15 is 0 Å². The Kier molecular flexibility index (Phi) is 4.90. The Labute approximate surface area is 118 Å². The first-order valence-electron chi connectivity index (χ1n) is 6.59. The summed E-state index contributed by atoms with van der Waals surface area (Å²) in [5.74, 6) is -0.154. The van der Waals surface area contributed by atoms with Crippen LogP contribution < -0.4 is 5.32 Å². The maximum atomic E-state index is 12.0. The largest absolute Gasteiger partial charge is 0.385 e. The molecule has 0 spiro atoms. The molecule has 0 saturated heterocycles. The monoisotopic (exact) mass is 273 g/mol. The van der Waals surface area contributed by atoms with Crippen molar-refractivity contribution in [3.8, 4) is 11.3 Å². The summed E-state index contributed by atoms with van der Waals surface area (Å²) in [5, 5.41) is 7.09. The lowest BCUT2D eigenvalue weighted by molar-refractivity contribution is 0.0943. The molecule has 1 heterocycles. The number of benzene rings is 1. The number of amides is 1. The van der Waals surface area contributed by atoms with Crippen LogP contribution in [-0.4, -0.2) is 35.9 Å². The summed E-state index contributed by atoms with van der Waals surface area (Å²) in [4.78, 5) is 12.0. The van der Waals surface area contributed by atoms with E-state index in [4.69, 9.17) is 4.74 Å². The lowest BCUT2D eigenvalue weighted by Gasteiger charge is -2.01. The van der Waals surface area contributed by atoms with Crippen LogP contribution in [0.1, 0.15) is 16.9 Å². The first-order valence-corrected chi connectivity index (χ1v) is 6.59. The molecule has 0 atom stereocenters. The van der Waals surface area contributed by atoms with Crippen LogP contribution in [0.3, 0.4) is 0 Å². The smallest absolute Gasteiger partial charge is 0.271 e. The van der Waals surface area contributed by atoms with Gasteiger partial charge < -0.3 is 10.1 Å². The molecular weight excluding hydrogens is 254 g/mol. The molecule has 5 nitrogen and oxygen atoms in total. The third kappa shape index (κ3) is 3.45. The summed E-state index contributed by atoms with van der Waals surface area (Å²) < 4.78 is 6.66. The van der Waals surface area contributed by atoms with E-state index in [1.165, 1.54) is 0 Å². The predicted molar refractivity (Wildman–Crippen MR) is 77.5 cm³/mol. The molecule has 0 saturated carbocycles. The molecule has 106 valence electrons. The summed E-state index contributed by atoms with van der Waals surface area (Å²) in [6.07, 6.45) is 0.792. The van der Waals surface area contributed by atoms with Gasteiger partial charge in [-0.2, -0.15) is 5.10 Å². The highest BCUT2D eigenvalue weighted by Crippen LogP contribution is 2.19. The zero-order chi connectivity index (χ0) is 14.4. The Balaban J connectivity index is 2.05. The van der Waals surface area contributed by atoms with Gasteiger partial charge in [-0.05, 0) is 18.1 Å². The number of aromatic nitrogens is 2. The van der Waals surface area contributed by atoms with E-state index in [1.54, 1.807) is 17.9 Å². The first-order chi connectivity index (χ1) is 9.72. The maximum absolute atomic E-state index is 12.0. The van der Waals surface area contributed by atoms with Gasteiger partial charge in [-0.25, -0.2) is 0 Å². The minimum absolute atomic E-state index is 0.154. The fourth-order valence-electron chi connectivity index (χ4n) is 1.97. The standard InChI is InChI=1S/C15H19N3O2/c1-18-14(12-7-4-3-5-8-12)11-13(17-18)15(19)16-9-6-10-20-2/h3-5,7-8,11H,6,9-10H2,1-2H3,(H,16,19). The van der Waals surface area contributed by atoms with Gasteiger partial charge >= 0.3 is 0 Å². The molecule has 0 aliphatic heterocycles. The second kappa shape index (κ2) is 6.86. The molecule has 5 heteroatoms. The number of ether oxygens (including phenoxy) is 1. The number of methoxy groups -OCH3 is 1. The summed E-state index contributed by atoms with van der Waals surface area (Å²) in [5.41, 5.74) is 2.40. The van der Waals surface area contributed by atoms with Crippen molar-refractivity contribution in [1.29, 1.82) is 0 Å². The van der Waals surface area contributed by atoms with Crippen molar-refractivity contribution in [2.45, 2.75) is 6.42 Å². The lowest BCUT2D eigenvalue weighted by Crippen LogP contribution is -2.25. The van der Waals surface area contributed by atoms with Crippen LogP contribution in [0.5, 0.6) is 0 Å². The number of nitrogens with one attached hydrogen (secondary N) is 1. The van der Waals surface area contributed by atoms with Gasteiger partial charge in [0.25, 0.3) is 5.91 Å². The Hall–Kier alpha value is -2.14. The number of carbonyl (C=O) groups excluding carboxylic acids is 1. The van der Waals surface area contributed by atoms with Gasteiger partial charge in [0.2, 0.25) is 0 Å². The molecule has 0 fully saturated rings. The van der Waals surface area contributed by atoms with Gasteiger partial charge in [0, 0.05) is 27.3 Å². The third-order valence-corrected chi connectivity index (χ3v) is 2.99. The van der Waals surface area contributed by atoms with Crippen LogP contribution in [0, 0.1) is 0 Å². The fourth-order valence-corrected chi connectivity index (χ4v) is 1.97. The fraction of sp³-hybridized carbons (Fsp3) is 0.333. The van der Waals surface area contributed by atoms with Gasteiger partial charge in [-0.1, -0.05) is 30.3 Å². The molecule has 0 radical (unpaired) electrons. The molecule has 1 aromatic carbocycles. The van der Waals surface area contributed by atoms with E-state index in [-0.39, 0.29) is 5.91 Å². The number of carbonyl (C=O) groups is 1. The van der Waals surface area contributed by atoms with Crippen molar-refractivity contribution in [3.05, 3.63) is 42.1 Å². The number of nitrogens with zero attached hydrogens (tertiary/aromatic N) is 2. The molecule has 1 amide bonds. The molecule has 2 rings (SSSR count). The topological polar surface area (TPSA) is 56.1 Å². The van der Waals surface area contributed by atoms with Gasteiger partial charge in [-0.3, -0.25) is 9.48 Å². The Morgan fingerprint density at radius 2 is 2.10 bits per heavy atom. The van der Waals surface area contributed by atoms with Gasteiger partial charge in [-0.15, -0.1) is 0 Å². The third-order valence-electron chi connectivity index (χ3n) is 2.99. The number of aryl methyl sites for hydroxylation is 1. The Morgan fingerprint density at radius 1 is 1.35 bits per heavy atom. The van der Waals surface area contributed by atoms with Gasteiger partial charge in [0.1, 0.15) is 0 Å². The summed E-state index contributed by atoms with van der Waals surface area (Å²) in [7, 11) is 3.48. The average Bonchev–Trinajstić information content (AvgIpc) is 2.86. The van der Waals surface area contributed by atoms with E-state index in [0.717, 1.165) is 17.7 Å². The van der Waals surface area contributed by atoms with E-state index in [9.17, 15) is 4.79 Å². The first kappa shape index (κ1) is 14.3. The molecule has 0 bridgehead atoms. The van der Waals surface area contributed by atoms with Crippen LogP contribution in [0.2, 0.25) is 0 Å². The van der Waals surface area contributed by atoms with E-state index < -0.39 is 0 Å². The zero-order valence-corrected chi connectivity index (χ0v) is 11.8. The van der Waals surface area contributed by atoms with Crippen LogP contribution >= 0.6 is 0 Å². The van der Waals surface area contributed by atoms with E-state index in [2.05, 4.69) is 10.4 Å². The minimum atomic E-state index is -0.154. The Morgan fingerprint density at radius 3 is 2.80 bits per heavy atom. The van der Waals surface area contributed by atoms with Gasteiger partial charge in [0.15, 0.2) is 5.69 Å². The van der Waals surface area contributed by atoms with Crippen LogP contribution in [-0.2, 0) is 11.8 Å². The molecular formula is C15H19N3O2. The van der Waals surface area contributed by atoms with Crippen molar-refractivity contribution in [1.82, 2.24) is 15.1 Å². The van der Waals surface area contributed by atoms with Crippen LogP contribution in [0.4, 0.5) is 0 Å². The Bertz CT molecular complexity index is 564. The van der Waals surface area contributed by atoms with E-state index in [0.29, 0.717) is 18.8 Å². The van der Waals surface area contributed by atoms with Crippen molar-refractivity contribution in [2.24, 2.45) is 7.05 Å². The normalized spacial score (nSPS) is 10.5. The van der Waals surface area contributed by atoms with Crippen molar-refractivity contribution in [3.63, 3.8) is 0 Å². The van der Waals surface area contributed by atoms with Crippen molar-refractivity contribution in [2.75, 3.05) is 20.3 Å². The van der Waals surface area contributed by atoms with Crippen molar-refractivity contribution < 1.29 is 9.53 Å². The maximum Gasteiger partial charge on any atom is 0.271 e. The lowest BCUT2D eigenvalue weighted by atomic mass is 10.1. The molecule has 0 aliphatic rings. The number of hydrogen-bond acceptors (Lipinski definition) is 3. The summed E-state index contributed by atoms with van der Waals surface area (Å²) in [6.45, 7) is 1.22.